The summed E-state index contributed by atoms with van der Waals surface area (Å²) in [5.74, 6) is -3.80. The number of aromatic hydroxyl groups is 1. The Morgan fingerprint density at radius 3 is 2.56 bits per heavy atom. The van der Waals surface area contributed by atoms with E-state index >= 15 is 0 Å². The van der Waals surface area contributed by atoms with Gasteiger partial charge in [0.15, 0.2) is 11.6 Å². The SMILES string of the molecule is O=C(O)c1nn(-c2c(F)cc(F)cc2Br)cc1O. The summed E-state index contributed by atoms with van der Waals surface area (Å²) in [6.07, 6.45) is 0.921. The van der Waals surface area contributed by atoms with Crippen LogP contribution in [-0.2, 0) is 0 Å². The summed E-state index contributed by atoms with van der Waals surface area (Å²) in [6.45, 7) is 0. The quantitative estimate of drug-likeness (QED) is 0.891. The molecule has 1 aromatic carbocycles. The van der Waals surface area contributed by atoms with Crippen molar-refractivity contribution in [1.82, 2.24) is 9.78 Å². The van der Waals surface area contributed by atoms with Crippen LogP contribution < -0.4 is 0 Å². The fraction of sp³-hybridized carbons (Fsp3) is 0. The van der Waals surface area contributed by atoms with Crippen LogP contribution in [0.1, 0.15) is 10.5 Å². The van der Waals surface area contributed by atoms with Crippen LogP contribution in [0.3, 0.4) is 0 Å². The molecule has 0 spiro atoms. The van der Waals surface area contributed by atoms with Gasteiger partial charge in [-0.25, -0.2) is 18.3 Å². The summed E-state index contributed by atoms with van der Waals surface area (Å²) in [5, 5.41) is 21.5. The van der Waals surface area contributed by atoms with Gasteiger partial charge in [0.1, 0.15) is 11.5 Å². The molecule has 1 aromatic heterocycles. The normalized spacial score (nSPS) is 10.6. The molecule has 0 bridgehead atoms. The molecule has 0 amide bonds. The lowest BCUT2D eigenvalue weighted by molar-refractivity contribution is 0.0687. The number of halogens is 3. The molecule has 0 saturated heterocycles. The topological polar surface area (TPSA) is 75.3 Å². The van der Waals surface area contributed by atoms with Gasteiger partial charge in [-0.15, -0.1) is 0 Å². The number of hydrogen-bond acceptors (Lipinski definition) is 3. The van der Waals surface area contributed by atoms with Crippen LogP contribution in [0.2, 0.25) is 0 Å². The molecule has 0 aliphatic heterocycles. The lowest BCUT2D eigenvalue weighted by Gasteiger charge is -2.05. The van der Waals surface area contributed by atoms with Gasteiger partial charge in [-0.1, -0.05) is 0 Å². The van der Waals surface area contributed by atoms with Crippen LogP contribution in [0.25, 0.3) is 5.69 Å². The van der Waals surface area contributed by atoms with Crippen molar-refractivity contribution < 1.29 is 23.8 Å². The van der Waals surface area contributed by atoms with Gasteiger partial charge in [-0.3, -0.25) is 0 Å². The highest BCUT2D eigenvalue weighted by molar-refractivity contribution is 9.10. The standard InChI is InChI=1S/C10H5BrF2N2O3/c11-5-1-4(12)2-6(13)9(5)15-3-7(16)8(14-15)10(17)18/h1-3,16H,(H,17,18). The third-order valence-corrected chi connectivity index (χ3v) is 2.71. The number of carboxylic acids is 1. The van der Waals surface area contributed by atoms with Crippen molar-refractivity contribution in [3.63, 3.8) is 0 Å². The Balaban J connectivity index is 2.63. The maximum absolute atomic E-state index is 13.6. The molecule has 8 heteroatoms. The molecule has 0 fully saturated rings. The van der Waals surface area contributed by atoms with E-state index in [4.69, 9.17) is 5.11 Å². The Hall–Kier alpha value is -1.96. The number of benzene rings is 1. The van der Waals surface area contributed by atoms with E-state index in [9.17, 15) is 18.7 Å². The molecule has 0 aliphatic rings. The third-order valence-electron chi connectivity index (χ3n) is 2.11. The number of aromatic nitrogens is 2. The molecule has 18 heavy (non-hydrogen) atoms. The summed E-state index contributed by atoms with van der Waals surface area (Å²) in [5.41, 5.74) is -0.815. The minimum atomic E-state index is -1.45. The Morgan fingerprint density at radius 2 is 2.06 bits per heavy atom. The number of carbonyl (C=O) groups is 1. The van der Waals surface area contributed by atoms with E-state index in [-0.39, 0.29) is 10.2 Å². The molecule has 2 N–H and O–H groups in total. The van der Waals surface area contributed by atoms with Crippen LogP contribution in [-0.4, -0.2) is 26.0 Å². The molecule has 0 unspecified atom stereocenters. The van der Waals surface area contributed by atoms with Gasteiger partial charge >= 0.3 is 5.97 Å². The van der Waals surface area contributed by atoms with E-state index in [0.717, 1.165) is 16.9 Å². The second-order valence-electron chi connectivity index (χ2n) is 3.33. The van der Waals surface area contributed by atoms with E-state index < -0.39 is 29.0 Å². The van der Waals surface area contributed by atoms with Gasteiger partial charge in [0.05, 0.1) is 6.20 Å². The van der Waals surface area contributed by atoms with Crippen molar-refractivity contribution in [2.24, 2.45) is 0 Å². The van der Waals surface area contributed by atoms with Gasteiger partial charge in [0.2, 0.25) is 5.69 Å². The fourth-order valence-corrected chi connectivity index (χ4v) is 1.97. The minimum absolute atomic E-state index is 0.0411. The Labute approximate surface area is 107 Å². The van der Waals surface area contributed by atoms with Gasteiger partial charge in [0.25, 0.3) is 0 Å². The van der Waals surface area contributed by atoms with Crippen LogP contribution in [0.15, 0.2) is 22.8 Å². The maximum atomic E-state index is 13.6. The number of aromatic carboxylic acids is 1. The van der Waals surface area contributed by atoms with Crippen molar-refractivity contribution in [2.75, 3.05) is 0 Å². The Bertz CT molecular complexity index is 619. The van der Waals surface area contributed by atoms with E-state index in [2.05, 4.69) is 21.0 Å². The second kappa shape index (κ2) is 4.37. The molecule has 0 aliphatic carbocycles. The summed E-state index contributed by atoms with van der Waals surface area (Å²) in [7, 11) is 0. The average Bonchev–Trinajstić information content (AvgIpc) is 2.58. The smallest absolute Gasteiger partial charge is 0.360 e. The van der Waals surface area contributed by atoms with Crippen molar-refractivity contribution in [3.8, 4) is 11.4 Å². The zero-order chi connectivity index (χ0) is 13.4. The number of rotatable bonds is 2. The lowest BCUT2D eigenvalue weighted by atomic mass is 10.3. The highest BCUT2D eigenvalue weighted by Gasteiger charge is 2.19. The van der Waals surface area contributed by atoms with Gasteiger partial charge in [-0.05, 0) is 22.0 Å². The average molecular weight is 319 g/mol. The molecular formula is C10H5BrF2N2O3. The molecular weight excluding hydrogens is 314 g/mol. The maximum Gasteiger partial charge on any atom is 0.360 e. The first-order valence-corrected chi connectivity index (χ1v) is 5.36. The van der Waals surface area contributed by atoms with Crippen LogP contribution in [0.5, 0.6) is 5.75 Å². The summed E-state index contributed by atoms with van der Waals surface area (Å²) < 4.78 is 27.3. The molecule has 1 heterocycles. The van der Waals surface area contributed by atoms with Crippen molar-refractivity contribution in [1.29, 1.82) is 0 Å². The van der Waals surface area contributed by atoms with Gasteiger partial charge in [0, 0.05) is 10.5 Å². The number of hydrogen-bond donors (Lipinski definition) is 2. The van der Waals surface area contributed by atoms with Crippen molar-refractivity contribution >= 4 is 21.9 Å². The number of carboxylic acid groups (broad SMARTS) is 1. The highest BCUT2D eigenvalue weighted by Crippen LogP contribution is 2.27. The Morgan fingerprint density at radius 1 is 1.39 bits per heavy atom. The molecule has 2 aromatic rings. The van der Waals surface area contributed by atoms with E-state index in [1.807, 2.05) is 0 Å². The third kappa shape index (κ3) is 2.06. The van der Waals surface area contributed by atoms with E-state index in [0.29, 0.717) is 6.07 Å². The molecule has 94 valence electrons. The molecule has 0 saturated carbocycles. The predicted octanol–water partition coefficient (Wildman–Crippen LogP) is 2.32. The second-order valence-corrected chi connectivity index (χ2v) is 4.19. The molecule has 0 atom stereocenters. The predicted molar refractivity (Wildman–Crippen MR) is 59.8 cm³/mol. The van der Waals surface area contributed by atoms with Gasteiger partial charge < -0.3 is 10.2 Å². The summed E-state index contributed by atoms with van der Waals surface area (Å²) in [6, 6.07) is 1.62. The highest BCUT2D eigenvalue weighted by atomic mass is 79.9. The summed E-state index contributed by atoms with van der Waals surface area (Å²) in [4.78, 5) is 10.7. The first kappa shape index (κ1) is 12.5. The van der Waals surface area contributed by atoms with Crippen LogP contribution >= 0.6 is 15.9 Å². The van der Waals surface area contributed by atoms with Crippen LogP contribution in [0, 0.1) is 11.6 Å². The van der Waals surface area contributed by atoms with Crippen molar-refractivity contribution in [3.05, 3.63) is 40.1 Å². The monoisotopic (exact) mass is 318 g/mol. The molecule has 2 rings (SSSR count). The van der Waals surface area contributed by atoms with Crippen LogP contribution in [0.4, 0.5) is 8.78 Å². The minimum Gasteiger partial charge on any atom is -0.504 e. The first-order valence-electron chi connectivity index (χ1n) is 4.57. The van der Waals surface area contributed by atoms with Gasteiger partial charge in [-0.2, -0.15) is 5.10 Å². The fourth-order valence-electron chi connectivity index (χ4n) is 1.39. The van der Waals surface area contributed by atoms with Crippen molar-refractivity contribution in [2.45, 2.75) is 0 Å². The number of nitrogens with zero attached hydrogens (tertiary/aromatic N) is 2. The first-order chi connectivity index (χ1) is 8.40. The zero-order valence-electron chi connectivity index (χ0n) is 8.56. The molecule has 0 radical (unpaired) electrons. The largest absolute Gasteiger partial charge is 0.504 e. The summed E-state index contributed by atoms with van der Waals surface area (Å²) >= 11 is 2.94. The van der Waals surface area contributed by atoms with E-state index in [1.54, 1.807) is 0 Å². The molecule has 5 nitrogen and oxygen atoms in total. The Kier molecular flexibility index (Phi) is 3.04. The lowest BCUT2D eigenvalue weighted by Crippen LogP contribution is -2.04. The van der Waals surface area contributed by atoms with E-state index in [1.165, 1.54) is 0 Å². The zero-order valence-corrected chi connectivity index (χ0v) is 10.1.